The van der Waals surface area contributed by atoms with E-state index in [1.165, 1.54) is 20.3 Å². The smallest absolute Gasteiger partial charge is 0.331 e. The second-order valence-electron chi connectivity index (χ2n) is 6.24. The van der Waals surface area contributed by atoms with Gasteiger partial charge in [0.15, 0.2) is 11.5 Å². The number of hydrogen-bond donors (Lipinski definition) is 0. The van der Waals surface area contributed by atoms with Crippen molar-refractivity contribution in [3.63, 3.8) is 0 Å². The van der Waals surface area contributed by atoms with Gasteiger partial charge in [-0.2, -0.15) is 0 Å². The van der Waals surface area contributed by atoms with Gasteiger partial charge in [0.25, 0.3) is 0 Å². The molecule has 0 saturated heterocycles. The maximum Gasteiger partial charge on any atom is 0.331 e. The van der Waals surface area contributed by atoms with Gasteiger partial charge in [-0.05, 0) is 25.5 Å². The fraction of sp³-hybridized carbons (Fsp3) is 0.217. The molecule has 0 saturated carbocycles. The minimum atomic E-state index is -0.530. The Bertz CT molecular complexity index is 1130. The minimum absolute atomic E-state index is 0.236. The molecule has 0 fully saturated rings. The van der Waals surface area contributed by atoms with E-state index in [0.717, 1.165) is 0 Å². The lowest BCUT2D eigenvalue weighted by atomic mass is 9.95. The Hall–Kier alpha value is -3.54. The second kappa shape index (κ2) is 8.65. The van der Waals surface area contributed by atoms with Crippen molar-refractivity contribution in [2.24, 2.45) is 0 Å². The Morgan fingerprint density at radius 2 is 1.72 bits per heavy atom. The van der Waals surface area contributed by atoms with Crippen LogP contribution in [0.4, 0.5) is 0 Å². The lowest BCUT2D eigenvalue weighted by molar-refractivity contribution is -0.137. The third kappa shape index (κ3) is 4.01. The Morgan fingerprint density at radius 3 is 2.34 bits per heavy atom. The van der Waals surface area contributed by atoms with Gasteiger partial charge in [0.05, 0.1) is 31.8 Å². The summed E-state index contributed by atoms with van der Waals surface area (Å²) in [4.78, 5) is 25.6. The highest BCUT2D eigenvalue weighted by Crippen LogP contribution is 2.33. The fourth-order valence-electron chi connectivity index (χ4n) is 3.16. The van der Waals surface area contributed by atoms with Crippen LogP contribution in [-0.4, -0.2) is 26.8 Å². The van der Waals surface area contributed by atoms with Gasteiger partial charge >= 0.3 is 5.97 Å². The molecule has 29 heavy (non-hydrogen) atoms. The van der Waals surface area contributed by atoms with Crippen LogP contribution in [-0.2, 0) is 9.53 Å². The van der Waals surface area contributed by atoms with Gasteiger partial charge < -0.3 is 18.6 Å². The fourth-order valence-corrected chi connectivity index (χ4v) is 3.16. The molecule has 6 nitrogen and oxygen atoms in total. The standard InChI is InChI=1S/C23H22O6/c1-5-28-21(24)12-16(15-9-7-6-8-10-15)22-14(2)29-18-13-20(27-4)19(26-3)11-17(18)23(22)25/h6-13H,5H2,1-4H3/b16-12+. The first kappa shape index (κ1) is 20.2. The second-order valence-corrected chi connectivity index (χ2v) is 6.24. The average Bonchev–Trinajstić information content (AvgIpc) is 2.73. The van der Waals surface area contributed by atoms with Crippen LogP contribution in [0.5, 0.6) is 11.5 Å². The number of esters is 1. The van der Waals surface area contributed by atoms with Crippen LogP contribution in [0.25, 0.3) is 16.5 Å². The van der Waals surface area contributed by atoms with E-state index in [-0.39, 0.29) is 12.0 Å². The lowest BCUT2D eigenvalue weighted by Gasteiger charge is -2.13. The Kier molecular flexibility index (Phi) is 6.02. The molecule has 0 N–H and O–H groups in total. The monoisotopic (exact) mass is 394 g/mol. The zero-order chi connectivity index (χ0) is 21.0. The largest absolute Gasteiger partial charge is 0.493 e. The van der Waals surface area contributed by atoms with E-state index in [1.807, 2.05) is 30.3 Å². The summed E-state index contributed by atoms with van der Waals surface area (Å²) in [6.45, 7) is 3.65. The van der Waals surface area contributed by atoms with Gasteiger partial charge in [-0.3, -0.25) is 4.79 Å². The Morgan fingerprint density at radius 1 is 1.07 bits per heavy atom. The van der Waals surface area contributed by atoms with Gasteiger partial charge in [-0.15, -0.1) is 0 Å². The molecule has 0 radical (unpaired) electrons. The molecule has 0 atom stereocenters. The molecule has 1 heterocycles. The summed E-state index contributed by atoms with van der Waals surface area (Å²) in [7, 11) is 3.01. The normalized spacial score (nSPS) is 11.4. The number of hydrogen-bond acceptors (Lipinski definition) is 6. The summed E-state index contributed by atoms with van der Waals surface area (Å²) in [6, 6.07) is 12.4. The molecule has 0 aliphatic carbocycles. The average molecular weight is 394 g/mol. The third-order valence-electron chi connectivity index (χ3n) is 4.48. The van der Waals surface area contributed by atoms with Gasteiger partial charge in [-0.1, -0.05) is 30.3 Å². The quantitative estimate of drug-likeness (QED) is 0.463. The van der Waals surface area contributed by atoms with Crippen molar-refractivity contribution in [2.45, 2.75) is 13.8 Å². The molecule has 2 aromatic carbocycles. The Balaban J connectivity index is 2.32. The number of ether oxygens (including phenoxy) is 3. The van der Waals surface area contributed by atoms with Crippen molar-refractivity contribution >= 4 is 22.5 Å². The molecule has 1 aromatic heterocycles. The summed E-state index contributed by atoms with van der Waals surface area (Å²) < 4.78 is 21.6. The zero-order valence-electron chi connectivity index (χ0n) is 16.8. The zero-order valence-corrected chi connectivity index (χ0v) is 16.8. The number of aryl methyl sites for hydroxylation is 1. The first-order chi connectivity index (χ1) is 14.0. The molecule has 3 aromatic rings. The molecule has 6 heteroatoms. The number of carbonyl (C=O) groups is 1. The van der Waals surface area contributed by atoms with Crippen LogP contribution in [0.3, 0.4) is 0 Å². The van der Waals surface area contributed by atoms with Crippen molar-refractivity contribution < 1.29 is 23.4 Å². The predicted molar refractivity (Wildman–Crippen MR) is 110 cm³/mol. The van der Waals surface area contributed by atoms with E-state index >= 15 is 0 Å². The van der Waals surface area contributed by atoms with E-state index in [2.05, 4.69) is 0 Å². The van der Waals surface area contributed by atoms with E-state index in [9.17, 15) is 9.59 Å². The number of carbonyl (C=O) groups excluding carboxylic acids is 1. The molecule has 0 bridgehead atoms. The number of methoxy groups -OCH3 is 2. The van der Waals surface area contributed by atoms with E-state index in [1.54, 1.807) is 26.0 Å². The van der Waals surface area contributed by atoms with E-state index < -0.39 is 5.97 Å². The van der Waals surface area contributed by atoms with Crippen molar-refractivity contribution in [1.82, 2.24) is 0 Å². The van der Waals surface area contributed by atoms with Crippen LogP contribution >= 0.6 is 0 Å². The van der Waals surface area contributed by atoms with E-state index in [0.29, 0.717) is 44.9 Å². The third-order valence-corrected chi connectivity index (χ3v) is 4.48. The molecule has 0 spiro atoms. The van der Waals surface area contributed by atoms with Crippen molar-refractivity contribution in [3.05, 3.63) is 75.7 Å². The highest BCUT2D eigenvalue weighted by Gasteiger charge is 2.20. The molecule has 0 amide bonds. The first-order valence-corrected chi connectivity index (χ1v) is 9.13. The van der Waals surface area contributed by atoms with Crippen LogP contribution in [0.1, 0.15) is 23.8 Å². The topological polar surface area (TPSA) is 75.0 Å². The van der Waals surface area contributed by atoms with Gasteiger partial charge in [0.2, 0.25) is 5.43 Å². The van der Waals surface area contributed by atoms with Gasteiger partial charge in [0.1, 0.15) is 11.3 Å². The molecule has 150 valence electrons. The summed E-state index contributed by atoms with van der Waals surface area (Å²) >= 11 is 0. The molecular formula is C23H22O6. The number of benzene rings is 2. The molecular weight excluding hydrogens is 372 g/mol. The molecule has 0 aliphatic heterocycles. The minimum Gasteiger partial charge on any atom is -0.493 e. The summed E-state index contributed by atoms with van der Waals surface area (Å²) in [5.41, 5.74) is 1.54. The van der Waals surface area contributed by atoms with Crippen LogP contribution in [0, 0.1) is 6.92 Å². The predicted octanol–water partition coefficient (Wildman–Crippen LogP) is 4.11. The van der Waals surface area contributed by atoms with Crippen molar-refractivity contribution in [2.75, 3.05) is 20.8 Å². The molecule has 0 aliphatic rings. The van der Waals surface area contributed by atoms with Gasteiger partial charge in [0, 0.05) is 17.7 Å². The maximum atomic E-state index is 13.4. The summed E-state index contributed by atoms with van der Waals surface area (Å²) in [5.74, 6) is 0.727. The highest BCUT2D eigenvalue weighted by molar-refractivity contribution is 5.98. The summed E-state index contributed by atoms with van der Waals surface area (Å²) in [5, 5.41) is 0.328. The lowest BCUT2D eigenvalue weighted by Crippen LogP contribution is -2.13. The van der Waals surface area contributed by atoms with Crippen LogP contribution in [0.2, 0.25) is 0 Å². The Labute approximate surface area is 168 Å². The van der Waals surface area contributed by atoms with Crippen LogP contribution < -0.4 is 14.9 Å². The van der Waals surface area contributed by atoms with Crippen molar-refractivity contribution in [3.8, 4) is 11.5 Å². The highest BCUT2D eigenvalue weighted by atomic mass is 16.5. The maximum absolute atomic E-state index is 13.4. The van der Waals surface area contributed by atoms with E-state index in [4.69, 9.17) is 18.6 Å². The molecule has 3 rings (SSSR count). The van der Waals surface area contributed by atoms with Gasteiger partial charge in [-0.25, -0.2) is 4.79 Å². The van der Waals surface area contributed by atoms with Crippen molar-refractivity contribution in [1.29, 1.82) is 0 Å². The first-order valence-electron chi connectivity index (χ1n) is 9.13. The number of rotatable bonds is 6. The summed E-state index contributed by atoms with van der Waals surface area (Å²) in [6.07, 6.45) is 1.32. The molecule has 0 unspecified atom stereocenters. The number of fused-ring (bicyclic) bond motifs is 1. The van der Waals surface area contributed by atoms with Crippen LogP contribution in [0.15, 0.2) is 57.8 Å². The SMILES string of the molecule is CCOC(=O)/C=C(\c1ccccc1)c1c(C)oc2cc(OC)c(OC)cc2c1=O.